The highest BCUT2D eigenvalue weighted by Crippen LogP contribution is 2.09. The molecular formula is C5H9N5OS. The molecule has 0 unspecified atom stereocenters. The van der Waals surface area contributed by atoms with E-state index in [4.69, 9.17) is 16.0 Å². The molecule has 0 amide bonds. The van der Waals surface area contributed by atoms with E-state index in [0.29, 0.717) is 22.7 Å². The SMILES string of the molecule is Cc1nnc(CSC(N)=NN)o1. The van der Waals surface area contributed by atoms with Gasteiger partial charge in [-0.15, -0.1) is 10.2 Å². The molecule has 66 valence electrons. The first-order valence-corrected chi connectivity index (χ1v) is 4.16. The Morgan fingerprint density at radius 2 is 2.42 bits per heavy atom. The van der Waals surface area contributed by atoms with Crippen molar-refractivity contribution < 1.29 is 4.42 Å². The molecule has 4 N–H and O–H groups in total. The fourth-order valence-electron chi connectivity index (χ4n) is 0.569. The van der Waals surface area contributed by atoms with Gasteiger partial charge in [-0.2, -0.15) is 5.10 Å². The van der Waals surface area contributed by atoms with Crippen LogP contribution in [-0.4, -0.2) is 15.4 Å². The molecular weight excluding hydrogens is 178 g/mol. The van der Waals surface area contributed by atoms with Crippen LogP contribution in [0.4, 0.5) is 0 Å². The summed E-state index contributed by atoms with van der Waals surface area (Å²) in [5.41, 5.74) is 5.33. The Labute approximate surface area is 73.4 Å². The van der Waals surface area contributed by atoms with Gasteiger partial charge in [-0.25, -0.2) is 0 Å². The van der Waals surface area contributed by atoms with E-state index < -0.39 is 0 Å². The summed E-state index contributed by atoms with van der Waals surface area (Å²) in [6, 6.07) is 0. The van der Waals surface area contributed by atoms with Crippen LogP contribution in [0.2, 0.25) is 0 Å². The molecule has 1 heterocycles. The van der Waals surface area contributed by atoms with Gasteiger partial charge in [0.25, 0.3) is 0 Å². The van der Waals surface area contributed by atoms with E-state index >= 15 is 0 Å². The molecule has 0 spiro atoms. The molecule has 0 bridgehead atoms. The van der Waals surface area contributed by atoms with Crippen LogP contribution in [0.3, 0.4) is 0 Å². The van der Waals surface area contributed by atoms with E-state index in [0.717, 1.165) is 0 Å². The first-order valence-electron chi connectivity index (χ1n) is 3.17. The summed E-state index contributed by atoms with van der Waals surface area (Å²) in [6.45, 7) is 1.72. The van der Waals surface area contributed by atoms with Gasteiger partial charge >= 0.3 is 0 Å². The Hall–Kier alpha value is -1.24. The van der Waals surface area contributed by atoms with Crippen LogP contribution < -0.4 is 11.6 Å². The van der Waals surface area contributed by atoms with Crippen molar-refractivity contribution in [1.82, 2.24) is 10.2 Å². The maximum Gasteiger partial charge on any atom is 0.226 e. The normalized spacial score (nSPS) is 11.9. The molecule has 0 radical (unpaired) electrons. The fraction of sp³-hybridized carbons (Fsp3) is 0.400. The maximum atomic E-state index is 5.33. The summed E-state index contributed by atoms with van der Waals surface area (Å²) in [5, 5.41) is 11.0. The molecule has 0 aliphatic rings. The highest BCUT2D eigenvalue weighted by molar-refractivity contribution is 8.13. The molecule has 1 rings (SSSR count). The smallest absolute Gasteiger partial charge is 0.226 e. The van der Waals surface area contributed by atoms with Gasteiger partial charge in [0, 0.05) is 6.92 Å². The summed E-state index contributed by atoms with van der Waals surface area (Å²) in [6.07, 6.45) is 0. The number of nitrogens with zero attached hydrogens (tertiary/aromatic N) is 3. The van der Waals surface area contributed by atoms with Crippen molar-refractivity contribution in [2.45, 2.75) is 12.7 Å². The Bertz CT molecular complexity index is 283. The number of aryl methyl sites for hydroxylation is 1. The van der Waals surface area contributed by atoms with Gasteiger partial charge in [-0.3, -0.25) is 0 Å². The minimum Gasteiger partial charge on any atom is -0.425 e. The lowest BCUT2D eigenvalue weighted by Crippen LogP contribution is -2.09. The van der Waals surface area contributed by atoms with Crippen LogP contribution in [-0.2, 0) is 5.75 Å². The van der Waals surface area contributed by atoms with Crippen molar-refractivity contribution in [3.8, 4) is 0 Å². The Kier molecular flexibility index (Phi) is 2.92. The van der Waals surface area contributed by atoms with Gasteiger partial charge in [0.05, 0.1) is 5.75 Å². The first kappa shape index (κ1) is 8.85. The van der Waals surface area contributed by atoms with Crippen molar-refractivity contribution in [3.63, 3.8) is 0 Å². The largest absolute Gasteiger partial charge is 0.425 e. The van der Waals surface area contributed by atoms with Crippen LogP contribution in [0.25, 0.3) is 0 Å². The third-order valence-electron chi connectivity index (χ3n) is 1.04. The molecule has 0 saturated heterocycles. The van der Waals surface area contributed by atoms with E-state index in [1.807, 2.05) is 0 Å². The minimum atomic E-state index is 0.297. The zero-order valence-electron chi connectivity index (χ0n) is 6.52. The average Bonchev–Trinajstić information content (AvgIpc) is 2.47. The number of hydrazone groups is 1. The monoisotopic (exact) mass is 187 g/mol. The van der Waals surface area contributed by atoms with Gasteiger partial charge in [-0.1, -0.05) is 11.8 Å². The molecule has 0 aliphatic carbocycles. The van der Waals surface area contributed by atoms with Gasteiger partial charge in [0.2, 0.25) is 11.8 Å². The summed E-state index contributed by atoms with van der Waals surface area (Å²) in [7, 11) is 0. The average molecular weight is 187 g/mol. The molecule has 12 heavy (non-hydrogen) atoms. The Morgan fingerprint density at radius 1 is 1.67 bits per heavy atom. The lowest BCUT2D eigenvalue weighted by molar-refractivity contribution is 0.486. The number of hydrogen-bond donors (Lipinski definition) is 2. The van der Waals surface area contributed by atoms with Crippen molar-refractivity contribution in [2.24, 2.45) is 16.7 Å². The molecule has 1 aromatic rings. The highest BCUT2D eigenvalue weighted by atomic mass is 32.2. The molecule has 6 nitrogen and oxygen atoms in total. The van der Waals surface area contributed by atoms with Gasteiger partial charge in [0.15, 0.2) is 5.17 Å². The van der Waals surface area contributed by atoms with Crippen LogP contribution in [0.1, 0.15) is 11.8 Å². The van der Waals surface area contributed by atoms with Crippen molar-refractivity contribution >= 4 is 16.9 Å². The fourth-order valence-corrected chi connectivity index (χ4v) is 1.03. The summed E-state index contributed by atoms with van der Waals surface area (Å²) in [5.74, 6) is 6.46. The highest BCUT2D eigenvalue weighted by Gasteiger charge is 2.02. The molecule has 1 aromatic heterocycles. The van der Waals surface area contributed by atoms with Crippen molar-refractivity contribution in [3.05, 3.63) is 11.8 Å². The van der Waals surface area contributed by atoms with E-state index in [-0.39, 0.29) is 0 Å². The molecule has 7 heteroatoms. The number of aromatic nitrogens is 2. The first-order chi connectivity index (χ1) is 5.72. The third-order valence-corrected chi connectivity index (χ3v) is 1.83. The quantitative estimate of drug-likeness (QED) is 0.287. The van der Waals surface area contributed by atoms with E-state index in [1.165, 1.54) is 11.8 Å². The van der Waals surface area contributed by atoms with Gasteiger partial charge in [-0.05, 0) is 0 Å². The van der Waals surface area contributed by atoms with Crippen molar-refractivity contribution in [2.75, 3.05) is 0 Å². The van der Waals surface area contributed by atoms with Crippen LogP contribution in [0.15, 0.2) is 9.52 Å². The number of hydrogen-bond acceptors (Lipinski definition) is 6. The molecule has 0 fully saturated rings. The Balaban J connectivity index is 2.43. The van der Waals surface area contributed by atoms with E-state index in [1.54, 1.807) is 6.92 Å². The topological polar surface area (TPSA) is 103 Å². The van der Waals surface area contributed by atoms with Gasteiger partial charge in [0.1, 0.15) is 0 Å². The van der Waals surface area contributed by atoms with Crippen LogP contribution in [0.5, 0.6) is 0 Å². The van der Waals surface area contributed by atoms with E-state index in [9.17, 15) is 0 Å². The zero-order valence-corrected chi connectivity index (χ0v) is 7.34. The molecule has 0 atom stereocenters. The van der Waals surface area contributed by atoms with Gasteiger partial charge < -0.3 is 16.0 Å². The number of nitrogens with two attached hydrogens (primary N) is 2. The molecule has 0 aliphatic heterocycles. The third kappa shape index (κ3) is 2.42. The summed E-state index contributed by atoms with van der Waals surface area (Å²) >= 11 is 1.25. The molecule has 0 saturated carbocycles. The maximum absolute atomic E-state index is 5.33. The summed E-state index contributed by atoms with van der Waals surface area (Å²) < 4.78 is 5.08. The summed E-state index contributed by atoms with van der Waals surface area (Å²) in [4.78, 5) is 0. The standard InChI is InChI=1S/C5H9N5OS/c1-3-9-10-4(11-3)2-12-5(6)8-7/h2,7H2,1H3,(H2,6,8). The second-order valence-electron chi connectivity index (χ2n) is 1.97. The Morgan fingerprint density at radius 3 is 2.92 bits per heavy atom. The lowest BCUT2D eigenvalue weighted by atomic mass is 10.8. The predicted molar refractivity (Wildman–Crippen MR) is 46.1 cm³/mol. The lowest BCUT2D eigenvalue weighted by Gasteiger charge is -1.92. The number of thioether (sulfide) groups is 1. The van der Waals surface area contributed by atoms with Crippen molar-refractivity contribution in [1.29, 1.82) is 0 Å². The molecule has 0 aromatic carbocycles. The number of rotatable bonds is 2. The predicted octanol–water partition coefficient (Wildman–Crippen LogP) is -0.200. The minimum absolute atomic E-state index is 0.297. The number of amidine groups is 1. The van der Waals surface area contributed by atoms with Crippen LogP contribution >= 0.6 is 11.8 Å². The second kappa shape index (κ2) is 3.96. The second-order valence-corrected chi connectivity index (χ2v) is 2.97. The van der Waals surface area contributed by atoms with E-state index in [2.05, 4.69) is 15.3 Å². The van der Waals surface area contributed by atoms with Crippen LogP contribution in [0, 0.1) is 6.92 Å². The zero-order chi connectivity index (χ0) is 8.97.